The van der Waals surface area contributed by atoms with Crippen LogP contribution in [0.1, 0.15) is 45.6 Å². The molecule has 0 aromatic heterocycles. The van der Waals surface area contributed by atoms with Crippen LogP contribution in [0.15, 0.2) is 30.3 Å². The lowest BCUT2D eigenvalue weighted by Crippen LogP contribution is -2.47. The summed E-state index contributed by atoms with van der Waals surface area (Å²) >= 11 is 0. The molecule has 1 aromatic rings. The predicted molar refractivity (Wildman–Crippen MR) is 66.4 cm³/mol. The zero-order valence-corrected chi connectivity index (χ0v) is 10.4. The van der Waals surface area contributed by atoms with Crippen LogP contribution in [-0.4, -0.2) is 5.78 Å². The van der Waals surface area contributed by atoms with E-state index < -0.39 is 0 Å². The molecule has 1 nitrogen and oxygen atoms in total. The van der Waals surface area contributed by atoms with Gasteiger partial charge in [0.05, 0.1) is 5.41 Å². The molecule has 16 heavy (non-hydrogen) atoms. The van der Waals surface area contributed by atoms with Crippen LogP contribution in [0.25, 0.3) is 0 Å². The van der Waals surface area contributed by atoms with Crippen molar-refractivity contribution < 1.29 is 4.79 Å². The van der Waals surface area contributed by atoms with Gasteiger partial charge >= 0.3 is 0 Å². The second kappa shape index (κ2) is 3.73. The van der Waals surface area contributed by atoms with Crippen LogP contribution >= 0.6 is 0 Å². The summed E-state index contributed by atoms with van der Waals surface area (Å²) in [4.78, 5) is 12.6. The van der Waals surface area contributed by atoms with Gasteiger partial charge in [-0.25, -0.2) is 0 Å². The van der Waals surface area contributed by atoms with E-state index in [1.165, 1.54) is 12.0 Å². The number of ketones is 1. The van der Waals surface area contributed by atoms with Crippen molar-refractivity contribution in [2.45, 2.75) is 45.4 Å². The molecule has 1 fully saturated rings. The molecular formula is C15H20O. The molecule has 0 atom stereocenters. The quantitative estimate of drug-likeness (QED) is 0.736. The number of hydrogen-bond donors (Lipinski definition) is 0. The van der Waals surface area contributed by atoms with Gasteiger partial charge in [-0.1, -0.05) is 57.5 Å². The van der Waals surface area contributed by atoms with Gasteiger partial charge in [-0.2, -0.15) is 0 Å². The van der Waals surface area contributed by atoms with Crippen LogP contribution < -0.4 is 0 Å². The lowest BCUT2D eigenvalue weighted by atomic mass is 9.57. The van der Waals surface area contributed by atoms with Gasteiger partial charge in [0.15, 0.2) is 0 Å². The predicted octanol–water partition coefficient (Wildman–Crippen LogP) is 3.72. The SMILES string of the molecule is CC(C)(C)C(=O)C1(c2ccccc2)CCC1. The van der Waals surface area contributed by atoms with Crippen LogP contribution in [0.4, 0.5) is 0 Å². The Hall–Kier alpha value is -1.11. The Morgan fingerprint density at radius 2 is 1.69 bits per heavy atom. The molecule has 2 rings (SSSR count). The molecule has 0 N–H and O–H groups in total. The van der Waals surface area contributed by atoms with Gasteiger partial charge in [-0.3, -0.25) is 4.79 Å². The zero-order chi connectivity index (χ0) is 11.8. The third-order valence-electron chi connectivity index (χ3n) is 3.65. The molecule has 1 heteroatoms. The summed E-state index contributed by atoms with van der Waals surface area (Å²) in [5, 5.41) is 0. The molecule has 0 spiro atoms. The van der Waals surface area contributed by atoms with E-state index in [4.69, 9.17) is 0 Å². The van der Waals surface area contributed by atoms with E-state index in [9.17, 15) is 4.79 Å². The minimum Gasteiger partial charge on any atom is -0.298 e. The summed E-state index contributed by atoms with van der Waals surface area (Å²) in [6.07, 6.45) is 3.22. The number of carbonyl (C=O) groups excluding carboxylic acids is 1. The Morgan fingerprint density at radius 3 is 2.06 bits per heavy atom. The molecule has 0 bridgehead atoms. The standard InChI is InChI=1S/C15H20O/c1-14(2,3)13(16)15(10-7-11-15)12-8-5-4-6-9-12/h4-6,8-9H,7,10-11H2,1-3H3. The number of hydrogen-bond acceptors (Lipinski definition) is 1. The smallest absolute Gasteiger partial charge is 0.148 e. The van der Waals surface area contributed by atoms with Crippen LogP contribution in [0, 0.1) is 5.41 Å². The van der Waals surface area contributed by atoms with Gasteiger partial charge in [-0.05, 0) is 18.4 Å². The average molecular weight is 216 g/mol. The molecule has 1 aliphatic rings. The van der Waals surface area contributed by atoms with Crippen LogP contribution in [0.2, 0.25) is 0 Å². The Labute approximate surface area is 97.9 Å². The van der Waals surface area contributed by atoms with E-state index in [0.717, 1.165) is 12.8 Å². The van der Waals surface area contributed by atoms with Crippen molar-refractivity contribution in [3.63, 3.8) is 0 Å². The molecular weight excluding hydrogens is 196 g/mol. The molecule has 0 heterocycles. The van der Waals surface area contributed by atoms with Gasteiger partial charge in [0.25, 0.3) is 0 Å². The van der Waals surface area contributed by atoms with Crippen molar-refractivity contribution in [3.05, 3.63) is 35.9 Å². The normalized spacial score (nSPS) is 18.9. The summed E-state index contributed by atoms with van der Waals surface area (Å²) < 4.78 is 0. The van der Waals surface area contributed by atoms with E-state index in [2.05, 4.69) is 12.1 Å². The van der Waals surface area contributed by atoms with Crippen LogP contribution in [-0.2, 0) is 10.2 Å². The van der Waals surface area contributed by atoms with Crippen molar-refractivity contribution in [2.75, 3.05) is 0 Å². The highest BCUT2D eigenvalue weighted by atomic mass is 16.1. The Kier molecular flexibility index (Phi) is 2.65. The number of rotatable bonds is 2. The van der Waals surface area contributed by atoms with Crippen molar-refractivity contribution >= 4 is 5.78 Å². The monoisotopic (exact) mass is 216 g/mol. The van der Waals surface area contributed by atoms with Gasteiger partial charge in [0.2, 0.25) is 0 Å². The maximum Gasteiger partial charge on any atom is 0.148 e. The highest BCUT2D eigenvalue weighted by Crippen LogP contribution is 2.48. The molecule has 1 saturated carbocycles. The van der Waals surface area contributed by atoms with E-state index >= 15 is 0 Å². The van der Waals surface area contributed by atoms with Crippen LogP contribution in [0.3, 0.4) is 0 Å². The summed E-state index contributed by atoms with van der Waals surface area (Å²) in [6.45, 7) is 6.08. The molecule has 0 unspecified atom stereocenters. The largest absolute Gasteiger partial charge is 0.298 e. The third kappa shape index (κ3) is 1.68. The first-order valence-electron chi connectivity index (χ1n) is 6.07. The minimum absolute atomic E-state index is 0.181. The first kappa shape index (κ1) is 11.4. The molecule has 0 aliphatic heterocycles. The average Bonchev–Trinajstić information content (AvgIpc) is 2.16. The fourth-order valence-corrected chi connectivity index (χ4v) is 2.65. The first-order chi connectivity index (χ1) is 7.47. The number of benzene rings is 1. The lowest BCUT2D eigenvalue weighted by Gasteiger charge is -2.44. The summed E-state index contributed by atoms with van der Waals surface area (Å²) in [5.41, 5.74) is 0.789. The van der Waals surface area contributed by atoms with Crippen LogP contribution in [0.5, 0.6) is 0 Å². The molecule has 1 aliphatic carbocycles. The second-order valence-corrected chi connectivity index (χ2v) is 5.88. The van der Waals surface area contributed by atoms with Gasteiger partial charge in [-0.15, -0.1) is 0 Å². The molecule has 86 valence electrons. The highest BCUT2D eigenvalue weighted by molar-refractivity contribution is 5.95. The summed E-state index contributed by atoms with van der Waals surface area (Å²) in [6, 6.07) is 10.3. The Morgan fingerprint density at radius 1 is 1.12 bits per heavy atom. The lowest BCUT2D eigenvalue weighted by molar-refractivity contribution is -0.135. The fourth-order valence-electron chi connectivity index (χ4n) is 2.65. The summed E-state index contributed by atoms with van der Waals surface area (Å²) in [7, 11) is 0. The molecule has 1 aromatic carbocycles. The molecule has 0 radical (unpaired) electrons. The third-order valence-corrected chi connectivity index (χ3v) is 3.65. The number of carbonyl (C=O) groups is 1. The van der Waals surface area contributed by atoms with Crippen molar-refractivity contribution in [3.8, 4) is 0 Å². The first-order valence-corrected chi connectivity index (χ1v) is 6.07. The molecule has 0 saturated heterocycles. The zero-order valence-electron chi connectivity index (χ0n) is 10.4. The van der Waals surface area contributed by atoms with Gasteiger partial charge < -0.3 is 0 Å². The number of Topliss-reactive ketones (excluding diaryl/α,β-unsaturated/α-hetero) is 1. The molecule has 0 amide bonds. The van der Waals surface area contributed by atoms with E-state index in [1.807, 2.05) is 39.0 Å². The maximum atomic E-state index is 12.6. The topological polar surface area (TPSA) is 17.1 Å². The fraction of sp³-hybridized carbons (Fsp3) is 0.533. The van der Waals surface area contributed by atoms with E-state index in [-0.39, 0.29) is 10.8 Å². The Balaban J connectivity index is 2.38. The summed E-state index contributed by atoms with van der Waals surface area (Å²) in [5.74, 6) is 0.400. The second-order valence-electron chi connectivity index (χ2n) is 5.88. The highest BCUT2D eigenvalue weighted by Gasteiger charge is 2.48. The van der Waals surface area contributed by atoms with E-state index in [1.54, 1.807) is 0 Å². The van der Waals surface area contributed by atoms with Crippen molar-refractivity contribution in [1.82, 2.24) is 0 Å². The van der Waals surface area contributed by atoms with Gasteiger partial charge in [0.1, 0.15) is 5.78 Å². The van der Waals surface area contributed by atoms with Crippen molar-refractivity contribution in [2.24, 2.45) is 5.41 Å². The van der Waals surface area contributed by atoms with E-state index in [0.29, 0.717) is 5.78 Å². The maximum absolute atomic E-state index is 12.6. The Bertz CT molecular complexity index is 380. The minimum atomic E-state index is -0.240. The van der Waals surface area contributed by atoms with Crippen molar-refractivity contribution in [1.29, 1.82) is 0 Å². The van der Waals surface area contributed by atoms with Gasteiger partial charge in [0, 0.05) is 5.41 Å².